The van der Waals surface area contributed by atoms with Gasteiger partial charge in [-0.05, 0) is 50.1 Å². The van der Waals surface area contributed by atoms with E-state index in [1.165, 1.54) is 15.6 Å². The van der Waals surface area contributed by atoms with Gasteiger partial charge < -0.3 is 4.57 Å². The molecule has 3 nitrogen and oxygen atoms in total. The minimum absolute atomic E-state index is 0.551. The molecular formula is C44H29N3Si. The zero-order valence-electron chi connectivity index (χ0n) is 26.1. The summed E-state index contributed by atoms with van der Waals surface area (Å²) in [4.78, 5) is 8.07. The Hall–Kier alpha value is -6.46. The smallest absolute Gasteiger partial charge is 0.194 e. The second kappa shape index (κ2) is 12.0. The maximum Gasteiger partial charge on any atom is 0.194 e. The van der Waals surface area contributed by atoms with Gasteiger partial charge in [-0.15, -0.1) is 0 Å². The number of nitrogens with zero attached hydrogens (tertiary/aromatic N) is 3. The number of benzene rings is 7. The summed E-state index contributed by atoms with van der Waals surface area (Å²) >= 11 is 0. The molecule has 4 heteroatoms. The molecule has 0 amide bonds. The molecule has 0 radical (unpaired) electrons. The molecule has 8 aromatic rings. The average molecular weight is 628 g/mol. The van der Waals surface area contributed by atoms with Gasteiger partial charge in [0, 0.05) is 16.5 Å². The van der Waals surface area contributed by atoms with Crippen LogP contribution in [0.3, 0.4) is 0 Å². The highest BCUT2D eigenvalue weighted by Crippen LogP contribution is 2.40. The number of aromatic nitrogens is 1. The monoisotopic (exact) mass is 627 g/mol. The number of rotatable bonds is 6. The Morgan fingerprint density at radius 3 is 1.46 bits per heavy atom. The van der Waals surface area contributed by atoms with Crippen LogP contribution >= 0.6 is 0 Å². The van der Waals surface area contributed by atoms with Gasteiger partial charge in [0.1, 0.15) is 0 Å². The number of para-hydroxylation sites is 2. The number of hydrogen-bond donors (Lipinski definition) is 0. The van der Waals surface area contributed by atoms with E-state index in [1.54, 1.807) is 0 Å². The van der Waals surface area contributed by atoms with E-state index in [1.807, 2.05) is 24.3 Å². The minimum Gasteiger partial charge on any atom is -0.310 e. The van der Waals surface area contributed by atoms with Gasteiger partial charge in [-0.2, -0.15) is 0 Å². The van der Waals surface area contributed by atoms with Crippen molar-refractivity contribution in [2.75, 3.05) is 0 Å². The van der Waals surface area contributed by atoms with Crippen molar-refractivity contribution in [1.82, 2.24) is 4.57 Å². The fourth-order valence-electron chi connectivity index (χ4n) is 7.43. The molecule has 0 spiro atoms. The Labute approximate surface area is 281 Å². The lowest BCUT2D eigenvalue weighted by atomic mass is 10.0. The molecule has 0 atom stereocenters. The first-order valence-electron chi connectivity index (χ1n) is 15.9. The first-order chi connectivity index (χ1) is 23.8. The molecule has 8 rings (SSSR count). The standard InChI is InChI=1S/C44H29N3Si/c1-45-32-29-30-38(42(31-32)47-40-26-14-12-23-36(40)37-24-13-15-27-41(37)47)44-39(46-2)25-16-28-43(44)48(33-17-6-3-7-18-33,34-19-8-4-9-20-34)35-21-10-5-11-22-35/h3-31H. The van der Waals surface area contributed by atoms with Gasteiger partial charge in [0.25, 0.3) is 0 Å². The molecule has 0 saturated carbocycles. The summed E-state index contributed by atoms with van der Waals surface area (Å²) in [6.07, 6.45) is 0. The highest BCUT2D eigenvalue weighted by molar-refractivity contribution is 7.20. The molecule has 0 bridgehead atoms. The lowest BCUT2D eigenvalue weighted by molar-refractivity contribution is 1.18. The van der Waals surface area contributed by atoms with Crippen molar-refractivity contribution >= 4 is 62.0 Å². The van der Waals surface area contributed by atoms with E-state index in [-0.39, 0.29) is 0 Å². The Balaban J connectivity index is 1.56. The molecule has 1 aromatic heterocycles. The van der Waals surface area contributed by atoms with Crippen LogP contribution in [-0.2, 0) is 0 Å². The van der Waals surface area contributed by atoms with Crippen molar-refractivity contribution in [3.63, 3.8) is 0 Å². The molecule has 1 heterocycles. The van der Waals surface area contributed by atoms with E-state index in [9.17, 15) is 0 Å². The largest absolute Gasteiger partial charge is 0.310 e. The second-order valence-electron chi connectivity index (χ2n) is 11.8. The molecule has 0 aliphatic carbocycles. The topological polar surface area (TPSA) is 13.7 Å². The zero-order chi connectivity index (χ0) is 32.5. The summed E-state index contributed by atoms with van der Waals surface area (Å²) in [5.41, 5.74) is 5.97. The van der Waals surface area contributed by atoms with E-state index in [0.717, 1.165) is 43.8 Å². The van der Waals surface area contributed by atoms with E-state index in [0.29, 0.717) is 11.4 Å². The predicted molar refractivity (Wildman–Crippen MR) is 202 cm³/mol. The van der Waals surface area contributed by atoms with Gasteiger partial charge in [-0.1, -0.05) is 158 Å². The third-order valence-corrected chi connectivity index (χ3v) is 14.2. The van der Waals surface area contributed by atoms with Gasteiger partial charge in [-0.25, -0.2) is 9.69 Å². The van der Waals surface area contributed by atoms with Crippen LogP contribution in [0.5, 0.6) is 0 Å². The Morgan fingerprint density at radius 2 is 0.958 bits per heavy atom. The molecule has 0 aliphatic rings. The van der Waals surface area contributed by atoms with Crippen molar-refractivity contribution in [3.05, 3.63) is 199 Å². The normalized spacial score (nSPS) is 11.3. The lowest BCUT2D eigenvalue weighted by Crippen LogP contribution is -2.75. The Morgan fingerprint density at radius 1 is 0.458 bits per heavy atom. The average Bonchev–Trinajstić information content (AvgIpc) is 3.50. The van der Waals surface area contributed by atoms with Gasteiger partial charge >= 0.3 is 0 Å². The molecule has 0 aliphatic heterocycles. The van der Waals surface area contributed by atoms with E-state index >= 15 is 0 Å². The molecule has 0 unspecified atom stereocenters. The summed E-state index contributed by atoms with van der Waals surface area (Å²) in [7, 11) is -3.03. The first-order valence-corrected chi connectivity index (χ1v) is 17.9. The summed E-state index contributed by atoms with van der Waals surface area (Å²) in [5, 5.41) is 7.14. The number of hydrogen-bond acceptors (Lipinski definition) is 0. The van der Waals surface area contributed by atoms with Crippen LogP contribution in [0.1, 0.15) is 0 Å². The van der Waals surface area contributed by atoms with Crippen LogP contribution in [-0.4, -0.2) is 12.6 Å². The molecule has 224 valence electrons. The molecular weight excluding hydrogens is 599 g/mol. The fourth-order valence-corrected chi connectivity index (χ4v) is 12.4. The highest BCUT2D eigenvalue weighted by atomic mass is 28.3. The zero-order valence-corrected chi connectivity index (χ0v) is 27.1. The summed E-state index contributed by atoms with van der Waals surface area (Å²) in [6.45, 7) is 16.5. The van der Waals surface area contributed by atoms with E-state index < -0.39 is 8.07 Å². The van der Waals surface area contributed by atoms with Crippen molar-refractivity contribution in [2.45, 2.75) is 0 Å². The van der Waals surface area contributed by atoms with Crippen molar-refractivity contribution in [1.29, 1.82) is 0 Å². The van der Waals surface area contributed by atoms with Crippen molar-refractivity contribution < 1.29 is 0 Å². The quantitative estimate of drug-likeness (QED) is 0.0993. The molecule has 48 heavy (non-hydrogen) atoms. The Bertz CT molecular complexity index is 2370. The van der Waals surface area contributed by atoms with Crippen molar-refractivity contribution in [2.24, 2.45) is 0 Å². The van der Waals surface area contributed by atoms with Gasteiger partial charge in [-0.3, -0.25) is 0 Å². The minimum atomic E-state index is -3.03. The molecule has 0 fully saturated rings. The summed E-state index contributed by atoms with van der Waals surface area (Å²) < 4.78 is 2.27. The van der Waals surface area contributed by atoms with Crippen LogP contribution in [0.4, 0.5) is 11.4 Å². The Kier molecular flexibility index (Phi) is 7.27. The summed E-state index contributed by atoms with van der Waals surface area (Å²) in [6, 6.07) is 61.4. The third kappa shape index (κ3) is 4.48. The predicted octanol–water partition coefficient (Wildman–Crippen LogP) is 8.93. The molecule has 0 saturated heterocycles. The third-order valence-electron chi connectivity index (χ3n) is 9.39. The van der Waals surface area contributed by atoms with Crippen LogP contribution < -0.4 is 20.7 Å². The summed E-state index contributed by atoms with van der Waals surface area (Å²) in [5.74, 6) is 0. The van der Waals surface area contributed by atoms with Crippen LogP contribution in [0.2, 0.25) is 0 Å². The molecule has 7 aromatic carbocycles. The first kappa shape index (κ1) is 29.0. The fraction of sp³-hybridized carbons (Fsp3) is 0. The van der Waals surface area contributed by atoms with Gasteiger partial charge in [0.05, 0.1) is 24.2 Å². The van der Waals surface area contributed by atoms with Gasteiger partial charge in [0.2, 0.25) is 0 Å². The van der Waals surface area contributed by atoms with Crippen LogP contribution in [0, 0.1) is 13.1 Å². The molecule has 0 N–H and O–H groups in total. The highest BCUT2D eigenvalue weighted by Gasteiger charge is 2.43. The maximum absolute atomic E-state index is 8.52. The maximum atomic E-state index is 8.52. The van der Waals surface area contributed by atoms with E-state index in [2.05, 4.69) is 166 Å². The van der Waals surface area contributed by atoms with Crippen LogP contribution in [0.25, 0.3) is 48.3 Å². The SMILES string of the molecule is [C-]#[N+]c1ccc(-c2c([N+]#[C-])cccc2[Si](c2ccccc2)(c2ccccc2)c2ccccc2)c(-n2c3ccccc3c3ccccc32)c1. The number of fused-ring (bicyclic) bond motifs is 3. The second-order valence-corrected chi connectivity index (χ2v) is 15.6. The van der Waals surface area contributed by atoms with Gasteiger partial charge in [0.15, 0.2) is 19.4 Å². The lowest BCUT2D eigenvalue weighted by Gasteiger charge is -2.36. The van der Waals surface area contributed by atoms with Crippen LogP contribution in [0.15, 0.2) is 176 Å². The van der Waals surface area contributed by atoms with Crippen molar-refractivity contribution in [3.8, 4) is 16.8 Å². The van der Waals surface area contributed by atoms with E-state index in [4.69, 9.17) is 13.1 Å².